The second kappa shape index (κ2) is 12.7. The Morgan fingerprint density at radius 2 is 1.79 bits per heavy atom. The van der Waals surface area contributed by atoms with E-state index >= 15 is 0 Å². The Bertz CT molecular complexity index is 1630. The molecule has 1 aromatic heterocycles. The lowest BCUT2D eigenvalue weighted by molar-refractivity contribution is -0.152. The summed E-state index contributed by atoms with van der Waals surface area (Å²) in [4.78, 5) is 25.1. The summed E-state index contributed by atoms with van der Waals surface area (Å²) in [6.45, 7) is 10.5. The van der Waals surface area contributed by atoms with Gasteiger partial charge in [-0.2, -0.15) is 0 Å². The molecule has 2 N–H and O–H groups in total. The number of carboxylic acids is 1. The van der Waals surface area contributed by atoms with Crippen LogP contribution in [0.1, 0.15) is 97.7 Å². The van der Waals surface area contributed by atoms with Crippen molar-refractivity contribution >= 4 is 22.8 Å². The summed E-state index contributed by atoms with van der Waals surface area (Å²) in [6.07, 6.45) is 6.54. The highest BCUT2D eigenvalue weighted by Gasteiger charge is 2.29. The molecule has 0 bridgehead atoms. The number of nitrogens with zero attached hydrogens (tertiary/aromatic N) is 1. The highest BCUT2D eigenvalue weighted by atomic mass is 16.5. The second-order valence-electron chi connectivity index (χ2n) is 12.6. The molecule has 1 saturated carbocycles. The van der Waals surface area contributed by atoms with Gasteiger partial charge in [0, 0.05) is 28.7 Å². The zero-order valence-electron chi connectivity index (χ0n) is 26.1. The van der Waals surface area contributed by atoms with E-state index in [-0.39, 0.29) is 11.9 Å². The van der Waals surface area contributed by atoms with Gasteiger partial charge in [-0.1, -0.05) is 55.8 Å². The summed E-state index contributed by atoms with van der Waals surface area (Å²) >= 11 is 0. The standard InChI is InChI=1S/C37H44N2O4/c1-6-7-10-26-11-8-13-29(19-26)24(2)38-35(40)30-17-18-32-33(25(3)39(34(32)22-30)23-27-15-16-27)21-28-12-9-14-31(20-28)43-37(4,5)36(41)42/h8-9,11-14,17-20,22,24,27H,6-7,10,15-16,21,23H2,1-5H3,(H,38,40)(H,41,42)/t24-/m0/s1. The number of aliphatic carboxylic acids is 1. The summed E-state index contributed by atoms with van der Waals surface area (Å²) in [5.41, 5.74) is 6.32. The summed E-state index contributed by atoms with van der Waals surface area (Å²) in [7, 11) is 0. The third-order valence-corrected chi connectivity index (χ3v) is 8.64. The largest absolute Gasteiger partial charge is 0.478 e. The van der Waals surface area contributed by atoms with E-state index in [1.54, 1.807) is 19.9 Å². The number of hydrogen-bond acceptors (Lipinski definition) is 3. The van der Waals surface area contributed by atoms with Crippen LogP contribution in [0, 0.1) is 12.8 Å². The van der Waals surface area contributed by atoms with Crippen LogP contribution in [0.4, 0.5) is 0 Å². The molecule has 0 unspecified atom stereocenters. The van der Waals surface area contributed by atoms with Crippen LogP contribution < -0.4 is 10.1 Å². The molecule has 1 amide bonds. The van der Waals surface area contributed by atoms with E-state index in [0.717, 1.165) is 47.8 Å². The average molecular weight is 581 g/mol. The molecular weight excluding hydrogens is 536 g/mol. The maximum Gasteiger partial charge on any atom is 0.347 e. The Balaban J connectivity index is 1.41. The number of rotatable bonds is 13. The molecule has 0 aliphatic heterocycles. The van der Waals surface area contributed by atoms with Crippen LogP contribution in [0.3, 0.4) is 0 Å². The van der Waals surface area contributed by atoms with Crippen molar-refractivity contribution in [2.24, 2.45) is 5.92 Å². The predicted octanol–water partition coefficient (Wildman–Crippen LogP) is 8.03. The molecule has 6 heteroatoms. The second-order valence-corrected chi connectivity index (χ2v) is 12.6. The fourth-order valence-electron chi connectivity index (χ4n) is 5.73. The molecule has 0 saturated heterocycles. The lowest BCUT2D eigenvalue weighted by Crippen LogP contribution is -2.37. The number of fused-ring (bicyclic) bond motifs is 1. The molecule has 3 aromatic carbocycles. The van der Waals surface area contributed by atoms with Crippen LogP contribution in [0.5, 0.6) is 5.75 Å². The van der Waals surface area contributed by atoms with Crippen molar-refractivity contribution in [3.63, 3.8) is 0 Å². The van der Waals surface area contributed by atoms with E-state index < -0.39 is 11.6 Å². The van der Waals surface area contributed by atoms with Gasteiger partial charge in [-0.05, 0) is 112 Å². The lowest BCUT2D eigenvalue weighted by atomic mass is 10.00. The molecule has 1 atom stereocenters. The minimum atomic E-state index is -1.32. The predicted molar refractivity (Wildman–Crippen MR) is 172 cm³/mol. The molecule has 226 valence electrons. The fourth-order valence-corrected chi connectivity index (χ4v) is 5.73. The van der Waals surface area contributed by atoms with Crippen LogP contribution in [-0.2, 0) is 24.2 Å². The zero-order chi connectivity index (χ0) is 30.7. The molecule has 0 spiro atoms. The summed E-state index contributed by atoms with van der Waals surface area (Å²) in [6, 6.07) is 22.2. The summed E-state index contributed by atoms with van der Waals surface area (Å²) in [5.74, 6) is 0.132. The van der Waals surface area contributed by atoms with Gasteiger partial charge >= 0.3 is 5.97 Å². The van der Waals surface area contributed by atoms with Crippen molar-refractivity contribution in [3.05, 3.63) is 100 Å². The third kappa shape index (κ3) is 7.12. The number of hydrogen-bond donors (Lipinski definition) is 2. The number of unbranched alkanes of at least 4 members (excludes halogenated alkanes) is 1. The van der Waals surface area contributed by atoms with E-state index in [4.69, 9.17) is 4.74 Å². The molecule has 43 heavy (non-hydrogen) atoms. The van der Waals surface area contributed by atoms with Gasteiger partial charge in [0.15, 0.2) is 5.60 Å². The first-order valence-corrected chi connectivity index (χ1v) is 15.6. The fraction of sp³-hybridized carbons (Fsp3) is 0.405. The Hall–Kier alpha value is -4.06. The molecular formula is C37H44N2O4. The average Bonchev–Trinajstić information content (AvgIpc) is 3.77. The van der Waals surface area contributed by atoms with Gasteiger partial charge in [-0.3, -0.25) is 4.79 Å². The first-order chi connectivity index (χ1) is 20.6. The van der Waals surface area contributed by atoms with Crippen molar-refractivity contribution < 1.29 is 19.4 Å². The van der Waals surface area contributed by atoms with Gasteiger partial charge < -0.3 is 19.7 Å². The summed E-state index contributed by atoms with van der Waals surface area (Å²) in [5, 5.41) is 13.9. The van der Waals surface area contributed by atoms with Crippen molar-refractivity contribution in [1.82, 2.24) is 9.88 Å². The van der Waals surface area contributed by atoms with Crippen LogP contribution in [0.15, 0.2) is 66.7 Å². The van der Waals surface area contributed by atoms with Crippen LogP contribution >= 0.6 is 0 Å². The molecule has 1 aliphatic carbocycles. The van der Waals surface area contributed by atoms with Gasteiger partial charge in [0.05, 0.1) is 6.04 Å². The van der Waals surface area contributed by atoms with Gasteiger partial charge in [-0.15, -0.1) is 0 Å². The number of nitrogens with one attached hydrogen (secondary N) is 1. The topological polar surface area (TPSA) is 80.6 Å². The van der Waals surface area contributed by atoms with Crippen molar-refractivity contribution in [2.45, 2.75) is 91.3 Å². The number of aryl methyl sites for hydroxylation is 1. The maximum atomic E-state index is 13.5. The number of benzene rings is 3. The normalized spacial score (nSPS) is 14.1. The molecule has 6 nitrogen and oxygen atoms in total. The molecule has 1 heterocycles. The quantitative estimate of drug-likeness (QED) is 0.168. The number of amides is 1. The SMILES string of the molecule is CCCCc1cccc([C@H](C)NC(=O)c2ccc3c(Cc4cccc(OC(C)(C)C(=O)O)c4)c(C)n(CC4CC4)c3c2)c1. The van der Waals surface area contributed by atoms with E-state index in [0.29, 0.717) is 23.7 Å². The highest BCUT2D eigenvalue weighted by Crippen LogP contribution is 2.36. The van der Waals surface area contributed by atoms with Gasteiger partial charge in [0.1, 0.15) is 5.75 Å². The minimum Gasteiger partial charge on any atom is -0.478 e. The van der Waals surface area contributed by atoms with Crippen molar-refractivity contribution in [1.29, 1.82) is 0 Å². The third-order valence-electron chi connectivity index (χ3n) is 8.64. The first kappa shape index (κ1) is 30.4. The molecule has 0 radical (unpaired) electrons. The molecule has 1 aliphatic rings. The van der Waals surface area contributed by atoms with Crippen molar-refractivity contribution in [3.8, 4) is 5.75 Å². The van der Waals surface area contributed by atoms with E-state index in [1.807, 2.05) is 37.3 Å². The maximum absolute atomic E-state index is 13.5. The Kier molecular flexibility index (Phi) is 8.95. The smallest absolute Gasteiger partial charge is 0.347 e. The minimum absolute atomic E-state index is 0.0716. The van der Waals surface area contributed by atoms with E-state index in [2.05, 4.69) is 54.1 Å². The van der Waals surface area contributed by atoms with Gasteiger partial charge in [0.25, 0.3) is 5.91 Å². The van der Waals surface area contributed by atoms with Gasteiger partial charge in [0.2, 0.25) is 0 Å². The number of carbonyl (C=O) groups is 2. The van der Waals surface area contributed by atoms with Crippen LogP contribution in [0.2, 0.25) is 0 Å². The highest BCUT2D eigenvalue weighted by molar-refractivity contribution is 5.99. The number of aromatic nitrogens is 1. The molecule has 4 aromatic rings. The Morgan fingerprint density at radius 1 is 1.05 bits per heavy atom. The van der Waals surface area contributed by atoms with E-state index in [9.17, 15) is 14.7 Å². The molecule has 1 fully saturated rings. The van der Waals surface area contributed by atoms with Crippen LogP contribution in [-0.4, -0.2) is 27.2 Å². The number of carbonyl (C=O) groups excluding carboxylic acids is 1. The number of ether oxygens (including phenoxy) is 1. The first-order valence-electron chi connectivity index (χ1n) is 15.6. The lowest BCUT2D eigenvalue weighted by Gasteiger charge is -2.21. The van der Waals surface area contributed by atoms with E-state index in [1.165, 1.54) is 29.7 Å². The van der Waals surface area contributed by atoms with Gasteiger partial charge in [-0.25, -0.2) is 4.79 Å². The molecule has 5 rings (SSSR count). The number of carboxylic acid groups (broad SMARTS) is 1. The Labute approximate surface area is 255 Å². The van der Waals surface area contributed by atoms with Crippen LogP contribution in [0.25, 0.3) is 10.9 Å². The monoisotopic (exact) mass is 580 g/mol. The summed E-state index contributed by atoms with van der Waals surface area (Å²) < 4.78 is 8.19. The Morgan fingerprint density at radius 3 is 2.51 bits per heavy atom. The van der Waals surface area contributed by atoms with Crippen molar-refractivity contribution in [2.75, 3.05) is 0 Å². The zero-order valence-corrected chi connectivity index (χ0v) is 26.1.